The van der Waals surface area contributed by atoms with Gasteiger partial charge in [-0.15, -0.1) is 0 Å². The summed E-state index contributed by atoms with van der Waals surface area (Å²) in [4.78, 5) is 11.0. The van der Waals surface area contributed by atoms with Gasteiger partial charge in [-0.2, -0.15) is 10.2 Å². The van der Waals surface area contributed by atoms with Crippen molar-refractivity contribution in [1.29, 1.82) is 0 Å². The number of hydrogen-bond acceptors (Lipinski definition) is 4. The fourth-order valence-corrected chi connectivity index (χ4v) is 1.99. The number of ether oxygens (including phenoxy) is 1. The number of aromatic nitrogens is 2. The van der Waals surface area contributed by atoms with Crippen LogP contribution in [0, 0.1) is 5.82 Å². The van der Waals surface area contributed by atoms with Gasteiger partial charge in [0.15, 0.2) is 17.3 Å². The summed E-state index contributed by atoms with van der Waals surface area (Å²) in [5.74, 6) is -1.42. The second-order valence-electron chi connectivity index (χ2n) is 4.61. The summed E-state index contributed by atoms with van der Waals surface area (Å²) >= 11 is 0. The van der Waals surface area contributed by atoms with Gasteiger partial charge in [0.05, 0.1) is 12.4 Å². The van der Waals surface area contributed by atoms with Crippen molar-refractivity contribution in [3.8, 4) is 11.5 Å². The van der Waals surface area contributed by atoms with E-state index in [0.29, 0.717) is 5.56 Å². The number of halogens is 1. The first-order valence-corrected chi connectivity index (χ1v) is 6.17. The highest BCUT2D eigenvalue weighted by atomic mass is 19.1. The van der Waals surface area contributed by atoms with Gasteiger partial charge in [0.2, 0.25) is 0 Å². The summed E-state index contributed by atoms with van der Waals surface area (Å²) in [6.07, 6.45) is 4.17. The Kier molecular flexibility index (Phi) is 3.06. The van der Waals surface area contributed by atoms with Gasteiger partial charge >= 0.3 is 5.97 Å². The third kappa shape index (κ3) is 2.32. The van der Waals surface area contributed by atoms with E-state index in [1.165, 1.54) is 6.07 Å². The minimum atomic E-state index is -1.20. The second kappa shape index (κ2) is 4.88. The first-order chi connectivity index (χ1) is 9.66. The van der Waals surface area contributed by atoms with E-state index in [2.05, 4.69) is 10.2 Å². The molecule has 6 heteroatoms. The Labute approximate surface area is 114 Å². The number of aromatic carboxylic acids is 1. The number of rotatable bonds is 4. The Morgan fingerprint density at radius 3 is 2.70 bits per heavy atom. The van der Waals surface area contributed by atoms with E-state index in [9.17, 15) is 9.18 Å². The van der Waals surface area contributed by atoms with Crippen LogP contribution in [0.2, 0.25) is 0 Å². The molecule has 1 aromatic heterocycles. The molecule has 20 heavy (non-hydrogen) atoms. The maximum Gasteiger partial charge on any atom is 0.341 e. The fraction of sp³-hybridized carbons (Fsp3) is 0.214. The highest BCUT2D eigenvalue weighted by Gasteiger charge is 2.28. The maximum absolute atomic E-state index is 14.3. The van der Waals surface area contributed by atoms with Crippen molar-refractivity contribution < 1.29 is 19.0 Å². The van der Waals surface area contributed by atoms with Crippen LogP contribution in [-0.2, 0) is 0 Å². The van der Waals surface area contributed by atoms with E-state index in [-0.39, 0.29) is 23.0 Å². The van der Waals surface area contributed by atoms with E-state index in [1.807, 2.05) is 0 Å². The van der Waals surface area contributed by atoms with Gasteiger partial charge in [-0.3, -0.25) is 0 Å². The maximum atomic E-state index is 14.3. The SMILES string of the molecule is O=C(O)c1cnncc1Oc1cccc(C2CC2)c1F. The van der Waals surface area contributed by atoms with Gasteiger partial charge in [0.1, 0.15) is 5.56 Å². The molecule has 0 atom stereocenters. The highest BCUT2D eigenvalue weighted by molar-refractivity contribution is 5.90. The predicted octanol–water partition coefficient (Wildman–Crippen LogP) is 2.98. The lowest BCUT2D eigenvalue weighted by atomic mass is 10.1. The molecule has 0 spiro atoms. The zero-order valence-corrected chi connectivity index (χ0v) is 10.4. The topological polar surface area (TPSA) is 72.3 Å². The minimum absolute atomic E-state index is 0.00454. The lowest BCUT2D eigenvalue weighted by Gasteiger charge is -2.10. The lowest BCUT2D eigenvalue weighted by molar-refractivity contribution is 0.0693. The van der Waals surface area contributed by atoms with E-state index in [4.69, 9.17) is 9.84 Å². The van der Waals surface area contributed by atoms with Crippen LogP contribution in [0.5, 0.6) is 11.5 Å². The van der Waals surface area contributed by atoms with Crippen molar-refractivity contribution in [2.24, 2.45) is 0 Å². The Hall–Kier alpha value is -2.50. The van der Waals surface area contributed by atoms with Crippen molar-refractivity contribution in [1.82, 2.24) is 10.2 Å². The van der Waals surface area contributed by atoms with Crippen molar-refractivity contribution in [2.75, 3.05) is 0 Å². The molecule has 5 nitrogen and oxygen atoms in total. The Bertz CT molecular complexity index is 671. The van der Waals surface area contributed by atoms with Crippen molar-refractivity contribution in [2.45, 2.75) is 18.8 Å². The summed E-state index contributed by atoms with van der Waals surface area (Å²) in [7, 11) is 0. The average Bonchev–Trinajstić information content (AvgIpc) is 3.26. The molecule has 0 aliphatic heterocycles. The molecule has 1 aromatic carbocycles. The first-order valence-electron chi connectivity index (χ1n) is 6.17. The molecule has 0 unspecified atom stereocenters. The summed E-state index contributed by atoms with van der Waals surface area (Å²) < 4.78 is 19.6. The zero-order valence-electron chi connectivity index (χ0n) is 10.4. The van der Waals surface area contributed by atoms with Crippen LogP contribution in [0.4, 0.5) is 4.39 Å². The monoisotopic (exact) mass is 274 g/mol. The summed E-state index contributed by atoms with van der Waals surface area (Å²) in [5.41, 5.74) is 0.456. The van der Waals surface area contributed by atoms with Gasteiger partial charge in [-0.1, -0.05) is 12.1 Å². The van der Waals surface area contributed by atoms with Crippen LogP contribution in [-0.4, -0.2) is 21.3 Å². The molecule has 3 rings (SSSR count). The molecule has 1 aliphatic carbocycles. The van der Waals surface area contributed by atoms with Crippen LogP contribution >= 0.6 is 0 Å². The van der Waals surface area contributed by atoms with Crippen LogP contribution < -0.4 is 4.74 Å². The molecule has 1 saturated carbocycles. The summed E-state index contributed by atoms with van der Waals surface area (Å²) in [5, 5.41) is 16.1. The van der Waals surface area contributed by atoms with Crippen molar-refractivity contribution in [3.63, 3.8) is 0 Å². The molecule has 0 radical (unpaired) electrons. The van der Waals surface area contributed by atoms with Crippen molar-refractivity contribution >= 4 is 5.97 Å². The molecule has 0 bridgehead atoms. The third-order valence-corrected chi connectivity index (χ3v) is 3.15. The van der Waals surface area contributed by atoms with Crippen LogP contribution in [0.3, 0.4) is 0 Å². The van der Waals surface area contributed by atoms with Gasteiger partial charge < -0.3 is 9.84 Å². The first kappa shape index (κ1) is 12.5. The molecule has 2 aromatic rings. The number of carbonyl (C=O) groups is 1. The predicted molar refractivity (Wildman–Crippen MR) is 67.4 cm³/mol. The largest absolute Gasteiger partial charge is 0.477 e. The lowest BCUT2D eigenvalue weighted by Crippen LogP contribution is -2.03. The number of carboxylic acid groups (broad SMARTS) is 1. The summed E-state index contributed by atoms with van der Waals surface area (Å²) in [6, 6.07) is 4.89. The van der Waals surface area contributed by atoms with Gasteiger partial charge in [-0.25, -0.2) is 9.18 Å². The molecule has 1 N–H and O–H groups in total. The molecule has 0 saturated heterocycles. The smallest absolute Gasteiger partial charge is 0.341 e. The Morgan fingerprint density at radius 1 is 1.25 bits per heavy atom. The average molecular weight is 274 g/mol. The molecule has 1 fully saturated rings. The molecular weight excluding hydrogens is 263 g/mol. The molecule has 1 aliphatic rings. The van der Waals surface area contributed by atoms with Crippen LogP contribution in [0.15, 0.2) is 30.6 Å². The molecule has 1 heterocycles. The Morgan fingerprint density at radius 2 is 2.00 bits per heavy atom. The normalized spacial score (nSPS) is 14.1. The number of benzene rings is 1. The van der Waals surface area contributed by atoms with Gasteiger partial charge in [0, 0.05) is 0 Å². The zero-order chi connectivity index (χ0) is 14.1. The van der Waals surface area contributed by atoms with Gasteiger partial charge in [0.25, 0.3) is 0 Å². The highest BCUT2D eigenvalue weighted by Crippen LogP contribution is 2.43. The molecule has 0 amide bonds. The number of hydrogen-bond donors (Lipinski definition) is 1. The van der Waals surface area contributed by atoms with Crippen LogP contribution in [0.25, 0.3) is 0 Å². The summed E-state index contributed by atoms with van der Waals surface area (Å²) in [6.45, 7) is 0. The van der Waals surface area contributed by atoms with E-state index in [1.54, 1.807) is 12.1 Å². The molecular formula is C14H11FN2O3. The third-order valence-electron chi connectivity index (χ3n) is 3.15. The Balaban J connectivity index is 1.96. The van der Waals surface area contributed by atoms with Gasteiger partial charge in [-0.05, 0) is 30.4 Å². The number of nitrogens with zero attached hydrogens (tertiary/aromatic N) is 2. The minimum Gasteiger partial charge on any atom is -0.477 e. The fourth-order valence-electron chi connectivity index (χ4n) is 1.99. The second-order valence-corrected chi connectivity index (χ2v) is 4.61. The number of carboxylic acids is 1. The quantitative estimate of drug-likeness (QED) is 0.927. The standard InChI is InChI=1S/C14H11FN2O3/c15-13-9(8-4-5-8)2-1-3-11(13)20-12-7-17-16-6-10(12)14(18)19/h1-3,6-8H,4-5H2,(H,18,19). The van der Waals surface area contributed by atoms with Crippen LogP contribution in [0.1, 0.15) is 34.7 Å². The van der Waals surface area contributed by atoms with E-state index >= 15 is 0 Å². The van der Waals surface area contributed by atoms with E-state index < -0.39 is 11.8 Å². The van der Waals surface area contributed by atoms with Crippen molar-refractivity contribution in [3.05, 3.63) is 47.5 Å². The van der Waals surface area contributed by atoms with E-state index in [0.717, 1.165) is 25.2 Å². The molecule has 102 valence electrons.